The second-order valence-corrected chi connectivity index (χ2v) is 4.56. The molecule has 1 atom stereocenters. The van der Waals surface area contributed by atoms with Crippen molar-refractivity contribution >= 4 is 5.91 Å². The highest BCUT2D eigenvalue weighted by Crippen LogP contribution is 2.12. The van der Waals surface area contributed by atoms with E-state index in [0.29, 0.717) is 26.2 Å². The highest BCUT2D eigenvalue weighted by molar-refractivity contribution is 5.78. The van der Waals surface area contributed by atoms with Gasteiger partial charge in [-0.15, -0.1) is 0 Å². The van der Waals surface area contributed by atoms with Crippen LogP contribution in [0.1, 0.15) is 11.5 Å². The minimum atomic E-state index is 0.105. The van der Waals surface area contributed by atoms with Gasteiger partial charge in [-0.1, -0.05) is 0 Å². The smallest absolute Gasteiger partial charge is 0.230 e. The molecular weight excluding hydrogens is 232 g/mol. The van der Waals surface area contributed by atoms with Crippen LogP contribution in [0.25, 0.3) is 0 Å². The molecule has 1 fully saturated rings. The van der Waals surface area contributed by atoms with Crippen LogP contribution in [-0.4, -0.2) is 50.2 Å². The number of carbonyl (C=O) groups is 1. The van der Waals surface area contributed by atoms with Crippen molar-refractivity contribution in [2.45, 2.75) is 19.4 Å². The van der Waals surface area contributed by atoms with Crippen LogP contribution in [0.15, 0.2) is 16.5 Å². The van der Waals surface area contributed by atoms with Crippen molar-refractivity contribution in [2.75, 3.05) is 33.4 Å². The Morgan fingerprint density at radius 1 is 1.56 bits per heavy atom. The maximum absolute atomic E-state index is 12.2. The van der Waals surface area contributed by atoms with E-state index in [4.69, 9.17) is 9.15 Å². The van der Waals surface area contributed by atoms with Gasteiger partial charge in [0.1, 0.15) is 11.5 Å². The van der Waals surface area contributed by atoms with Gasteiger partial charge in [0.25, 0.3) is 0 Å². The van der Waals surface area contributed by atoms with Crippen LogP contribution in [0.2, 0.25) is 0 Å². The van der Waals surface area contributed by atoms with E-state index >= 15 is 0 Å². The summed E-state index contributed by atoms with van der Waals surface area (Å²) >= 11 is 0. The summed E-state index contributed by atoms with van der Waals surface area (Å²) in [6, 6.07) is 3.86. The van der Waals surface area contributed by atoms with Gasteiger partial charge in [0.15, 0.2) is 0 Å². The third-order valence-electron chi connectivity index (χ3n) is 3.11. The first-order chi connectivity index (χ1) is 8.70. The molecule has 0 saturated carbocycles. The Morgan fingerprint density at radius 3 is 3.06 bits per heavy atom. The molecule has 1 N–H and O–H groups in total. The summed E-state index contributed by atoms with van der Waals surface area (Å²) in [5.41, 5.74) is 0. The van der Waals surface area contributed by atoms with Crippen LogP contribution in [0.5, 0.6) is 0 Å². The predicted octanol–water partition coefficient (Wildman–Crippen LogP) is 0.577. The lowest BCUT2D eigenvalue weighted by molar-refractivity contribution is -0.139. The van der Waals surface area contributed by atoms with Crippen LogP contribution in [0.3, 0.4) is 0 Å². The van der Waals surface area contributed by atoms with Gasteiger partial charge in [-0.3, -0.25) is 4.79 Å². The van der Waals surface area contributed by atoms with E-state index in [1.165, 1.54) is 0 Å². The average Bonchev–Trinajstić information content (AvgIpc) is 2.76. The van der Waals surface area contributed by atoms with Gasteiger partial charge in [-0.25, -0.2) is 0 Å². The third kappa shape index (κ3) is 3.11. The number of aryl methyl sites for hydroxylation is 1. The van der Waals surface area contributed by atoms with Crippen LogP contribution >= 0.6 is 0 Å². The topological polar surface area (TPSA) is 54.7 Å². The fraction of sp³-hybridized carbons (Fsp3) is 0.615. The molecule has 1 aromatic heterocycles. The van der Waals surface area contributed by atoms with E-state index in [0.717, 1.165) is 18.1 Å². The Morgan fingerprint density at radius 2 is 2.39 bits per heavy atom. The summed E-state index contributed by atoms with van der Waals surface area (Å²) in [5.74, 6) is 1.67. The summed E-state index contributed by atoms with van der Waals surface area (Å²) in [7, 11) is 1.88. The molecular formula is C13H20N2O3. The average molecular weight is 252 g/mol. The molecule has 0 radical (unpaired) electrons. The lowest BCUT2D eigenvalue weighted by Gasteiger charge is -2.35. The van der Waals surface area contributed by atoms with E-state index in [1.54, 1.807) is 0 Å². The summed E-state index contributed by atoms with van der Waals surface area (Å²) in [5, 5.41) is 3.09. The fourth-order valence-electron chi connectivity index (χ4n) is 2.22. The van der Waals surface area contributed by atoms with Crippen LogP contribution in [0, 0.1) is 6.92 Å². The molecule has 100 valence electrons. The molecule has 5 heteroatoms. The minimum Gasteiger partial charge on any atom is -0.466 e. The minimum absolute atomic E-state index is 0.105. The molecule has 1 amide bonds. The van der Waals surface area contributed by atoms with Crippen molar-refractivity contribution in [3.8, 4) is 0 Å². The Kier molecular flexibility index (Phi) is 4.38. The fourth-order valence-corrected chi connectivity index (χ4v) is 2.22. The maximum atomic E-state index is 12.2. The van der Waals surface area contributed by atoms with Gasteiger partial charge in [0.2, 0.25) is 5.91 Å². The highest BCUT2D eigenvalue weighted by atomic mass is 16.5. The Bertz CT molecular complexity index is 401. The largest absolute Gasteiger partial charge is 0.466 e. The summed E-state index contributed by atoms with van der Waals surface area (Å²) in [4.78, 5) is 14.1. The van der Waals surface area contributed by atoms with Crippen molar-refractivity contribution in [3.63, 3.8) is 0 Å². The number of carbonyl (C=O) groups excluding carboxylic acids is 1. The van der Waals surface area contributed by atoms with Gasteiger partial charge in [-0.2, -0.15) is 0 Å². The Hall–Kier alpha value is -1.33. The van der Waals surface area contributed by atoms with Crippen LogP contribution in [-0.2, 0) is 16.0 Å². The van der Waals surface area contributed by atoms with Crippen LogP contribution in [0.4, 0.5) is 0 Å². The number of likely N-dealkylation sites (N-methyl/N-ethyl adjacent to an activating group) is 1. The predicted molar refractivity (Wildman–Crippen MR) is 67.4 cm³/mol. The number of hydrogen-bond donors (Lipinski definition) is 1. The molecule has 0 aliphatic carbocycles. The van der Waals surface area contributed by atoms with E-state index in [-0.39, 0.29) is 11.9 Å². The molecule has 18 heavy (non-hydrogen) atoms. The molecule has 0 aromatic carbocycles. The molecule has 1 aliphatic heterocycles. The zero-order chi connectivity index (χ0) is 13.0. The number of nitrogens with zero attached hydrogens (tertiary/aromatic N) is 1. The van der Waals surface area contributed by atoms with Crippen molar-refractivity contribution < 1.29 is 13.9 Å². The molecule has 5 nitrogen and oxygen atoms in total. The van der Waals surface area contributed by atoms with Gasteiger partial charge < -0.3 is 19.4 Å². The normalized spacial score (nSPS) is 20.1. The number of amides is 1. The monoisotopic (exact) mass is 252 g/mol. The number of furan rings is 1. The second kappa shape index (κ2) is 6.02. The molecule has 0 bridgehead atoms. The molecule has 1 aliphatic rings. The third-order valence-corrected chi connectivity index (χ3v) is 3.11. The SMILES string of the molecule is CNCC1COCCN1C(=O)Cc1ccc(C)o1. The Balaban J connectivity index is 1.97. The summed E-state index contributed by atoms with van der Waals surface area (Å²) in [6.07, 6.45) is 0.327. The summed E-state index contributed by atoms with van der Waals surface area (Å²) in [6.45, 7) is 4.51. The Labute approximate surface area is 107 Å². The standard InChI is InChI=1S/C13H20N2O3/c1-10-3-4-12(18-10)7-13(16)15-5-6-17-9-11(15)8-14-2/h3-4,11,14H,5-9H2,1-2H3. The molecule has 1 saturated heterocycles. The van der Waals surface area contributed by atoms with E-state index in [2.05, 4.69) is 5.32 Å². The van der Waals surface area contributed by atoms with Gasteiger partial charge in [0.05, 0.1) is 25.7 Å². The van der Waals surface area contributed by atoms with E-state index in [1.807, 2.05) is 31.0 Å². The van der Waals surface area contributed by atoms with Crippen LogP contribution < -0.4 is 5.32 Å². The van der Waals surface area contributed by atoms with E-state index in [9.17, 15) is 4.79 Å². The first-order valence-corrected chi connectivity index (χ1v) is 6.28. The number of ether oxygens (including phenoxy) is 1. The summed E-state index contributed by atoms with van der Waals surface area (Å²) < 4.78 is 10.9. The van der Waals surface area contributed by atoms with Crippen molar-refractivity contribution in [3.05, 3.63) is 23.7 Å². The number of nitrogens with one attached hydrogen (secondary N) is 1. The highest BCUT2D eigenvalue weighted by Gasteiger charge is 2.27. The quantitative estimate of drug-likeness (QED) is 0.851. The number of morpholine rings is 1. The molecule has 0 spiro atoms. The zero-order valence-corrected chi connectivity index (χ0v) is 10.9. The van der Waals surface area contributed by atoms with Gasteiger partial charge >= 0.3 is 0 Å². The first kappa shape index (κ1) is 13.1. The molecule has 1 aromatic rings. The van der Waals surface area contributed by atoms with Crippen molar-refractivity contribution in [1.29, 1.82) is 0 Å². The van der Waals surface area contributed by atoms with Crippen molar-refractivity contribution in [1.82, 2.24) is 10.2 Å². The van der Waals surface area contributed by atoms with Gasteiger partial charge in [0, 0.05) is 13.1 Å². The van der Waals surface area contributed by atoms with E-state index < -0.39 is 0 Å². The number of hydrogen-bond acceptors (Lipinski definition) is 4. The molecule has 2 heterocycles. The maximum Gasteiger partial charge on any atom is 0.230 e. The lowest BCUT2D eigenvalue weighted by atomic mass is 10.2. The molecule has 1 unspecified atom stereocenters. The first-order valence-electron chi connectivity index (χ1n) is 6.28. The molecule has 2 rings (SSSR count). The second-order valence-electron chi connectivity index (χ2n) is 4.56. The lowest BCUT2D eigenvalue weighted by Crippen LogP contribution is -2.52. The zero-order valence-electron chi connectivity index (χ0n) is 10.9. The van der Waals surface area contributed by atoms with Gasteiger partial charge in [-0.05, 0) is 26.1 Å². The van der Waals surface area contributed by atoms with Crippen molar-refractivity contribution in [2.24, 2.45) is 0 Å². The number of rotatable bonds is 4.